The Morgan fingerprint density at radius 2 is 2.07 bits per heavy atom. The molecular weight excluding hydrogens is 269 g/mol. The molecule has 1 rings (SSSR count). The minimum absolute atomic E-state index is 0.0303. The number of hydrogen-bond donors (Lipinski definition) is 2. The van der Waals surface area contributed by atoms with Gasteiger partial charge >= 0.3 is 5.97 Å². The van der Waals surface area contributed by atoms with Crippen LogP contribution in [0.5, 0.6) is 0 Å². The van der Waals surface area contributed by atoms with Gasteiger partial charge in [-0.25, -0.2) is 9.18 Å². The van der Waals surface area contributed by atoms with Gasteiger partial charge in [0.1, 0.15) is 5.82 Å². The van der Waals surface area contributed by atoms with Crippen molar-refractivity contribution in [2.24, 2.45) is 0 Å². The molecule has 0 saturated heterocycles. The van der Waals surface area contributed by atoms with Crippen LogP contribution in [0, 0.1) is 5.82 Å². The molecule has 0 aliphatic heterocycles. The molecule has 1 aromatic rings. The van der Waals surface area contributed by atoms with Gasteiger partial charge in [0.2, 0.25) is 5.91 Å². The molecule has 0 bridgehead atoms. The molecule has 0 atom stereocenters. The van der Waals surface area contributed by atoms with Crippen molar-refractivity contribution >= 4 is 33.5 Å². The van der Waals surface area contributed by atoms with Crippen LogP contribution in [-0.2, 0) is 4.79 Å². The Bertz CT molecular complexity index is 434. The summed E-state index contributed by atoms with van der Waals surface area (Å²) in [6, 6.07) is 2.05. The van der Waals surface area contributed by atoms with Gasteiger partial charge < -0.3 is 10.4 Å². The smallest absolute Gasteiger partial charge is 0.335 e. The molecule has 4 nitrogen and oxygen atoms in total. The van der Waals surface area contributed by atoms with Gasteiger partial charge in [0, 0.05) is 6.92 Å². The van der Waals surface area contributed by atoms with E-state index in [1.165, 1.54) is 13.0 Å². The second-order valence-electron chi connectivity index (χ2n) is 2.81. The lowest BCUT2D eigenvalue weighted by Gasteiger charge is -2.07. The van der Waals surface area contributed by atoms with E-state index < -0.39 is 17.7 Å². The number of carboxylic acids is 1. The maximum Gasteiger partial charge on any atom is 0.335 e. The first kappa shape index (κ1) is 11.6. The largest absolute Gasteiger partial charge is 0.478 e. The van der Waals surface area contributed by atoms with Crippen LogP contribution in [0.25, 0.3) is 0 Å². The zero-order valence-corrected chi connectivity index (χ0v) is 9.26. The second-order valence-corrected chi connectivity index (χ2v) is 3.60. The molecule has 0 radical (unpaired) electrons. The van der Waals surface area contributed by atoms with Gasteiger partial charge in [0.15, 0.2) is 0 Å². The van der Waals surface area contributed by atoms with E-state index in [1.54, 1.807) is 0 Å². The molecule has 0 unspecified atom stereocenters. The molecule has 0 saturated carbocycles. The highest BCUT2D eigenvalue weighted by atomic mass is 79.9. The van der Waals surface area contributed by atoms with Crippen molar-refractivity contribution in [3.05, 3.63) is 28.0 Å². The molecule has 2 N–H and O–H groups in total. The number of halogens is 2. The summed E-state index contributed by atoms with van der Waals surface area (Å²) in [6.07, 6.45) is 0. The van der Waals surface area contributed by atoms with Crippen LogP contribution in [0.1, 0.15) is 17.3 Å². The lowest BCUT2D eigenvalue weighted by Crippen LogP contribution is -2.08. The topological polar surface area (TPSA) is 66.4 Å². The molecule has 1 amide bonds. The first-order valence-electron chi connectivity index (χ1n) is 3.91. The number of hydrogen-bond acceptors (Lipinski definition) is 2. The molecular formula is C9H7BrFNO3. The Hall–Kier alpha value is -1.43. The third-order valence-corrected chi connectivity index (χ3v) is 2.39. The summed E-state index contributed by atoms with van der Waals surface area (Å²) in [4.78, 5) is 21.4. The third-order valence-electron chi connectivity index (χ3n) is 1.59. The van der Waals surface area contributed by atoms with Crippen LogP contribution in [0.4, 0.5) is 10.1 Å². The minimum Gasteiger partial charge on any atom is -0.478 e. The van der Waals surface area contributed by atoms with Crippen molar-refractivity contribution in [1.82, 2.24) is 0 Å². The molecule has 0 spiro atoms. The van der Waals surface area contributed by atoms with Crippen molar-refractivity contribution in [2.75, 3.05) is 5.32 Å². The van der Waals surface area contributed by atoms with Gasteiger partial charge in [-0.05, 0) is 28.1 Å². The summed E-state index contributed by atoms with van der Waals surface area (Å²) in [6.45, 7) is 1.25. The normalized spacial score (nSPS) is 9.80. The monoisotopic (exact) mass is 275 g/mol. The number of nitrogens with one attached hydrogen (secondary N) is 1. The van der Waals surface area contributed by atoms with Gasteiger partial charge in [0.05, 0.1) is 15.7 Å². The van der Waals surface area contributed by atoms with Crippen molar-refractivity contribution in [3.63, 3.8) is 0 Å². The Morgan fingerprint density at radius 3 is 2.53 bits per heavy atom. The van der Waals surface area contributed by atoms with Gasteiger partial charge in [-0.3, -0.25) is 4.79 Å². The summed E-state index contributed by atoms with van der Waals surface area (Å²) in [5.41, 5.74) is -0.126. The lowest BCUT2D eigenvalue weighted by atomic mass is 10.2. The number of rotatable bonds is 2. The van der Waals surface area contributed by atoms with E-state index in [0.29, 0.717) is 0 Å². The van der Waals surface area contributed by atoms with E-state index in [1.807, 2.05) is 0 Å². The molecule has 0 fully saturated rings. The minimum atomic E-state index is -1.26. The molecule has 80 valence electrons. The summed E-state index contributed by atoms with van der Waals surface area (Å²) in [5, 5.41) is 11.0. The van der Waals surface area contributed by atoms with Crippen LogP contribution in [0.2, 0.25) is 0 Å². The fourth-order valence-corrected chi connectivity index (χ4v) is 1.32. The van der Waals surface area contributed by atoms with Crippen molar-refractivity contribution in [1.29, 1.82) is 0 Å². The zero-order chi connectivity index (χ0) is 11.6. The molecule has 0 heterocycles. The first-order chi connectivity index (χ1) is 6.91. The molecule has 6 heteroatoms. The number of benzene rings is 1. The van der Waals surface area contributed by atoms with Crippen molar-refractivity contribution in [3.8, 4) is 0 Å². The van der Waals surface area contributed by atoms with E-state index in [0.717, 1.165) is 6.07 Å². The van der Waals surface area contributed by atoms with Gasteiger partial charge in [-0.1, -0.05) is 0 Å². The average molecular weight is 276 g/mol. The number of carbonyl (C=O) groups excluding carboxylic acids is 1. The van der Waals surface area contributed by atoms with Gasteiger partial charge in [-0.15, -0.1) is 0 Å². The number of carboxylic acid groups (broad SMARTS) is 1. The van der Waals surface area contributed by atoms with Crippen LogP contribution in [0.15, 0.2) is 16.6 Å². The Kier molecular flexibility index (Phi) is 3.41. The fourth-order valence-electron chi connectivity index (χ4n) is 0.993. The van der Waals surface area contributed by atoms with Crippen LogP contribution in [-0.4, -0.2) is 17.0 Å². The molecule has 1 aromatic carbocycles. The van der Waals surface area contributed by atoms with Crippen molar-refractivity contribution < 1.29 is 19.1 Å². The van der Waals surface area contributed by atoms with Gasteiger partial charge in [-0.2, -0.15) is 0 Å². The van der Waals surface area contributed by atoms with E-state index in [4.69, 9.17) is 5.11 Å². The summed E-state index contributed by atoms with van der Waals surface area (Å²) >= 11 is 2.91. The van der Waals surface area contributed by atoms with Crippen LogP contribution < -0.4 is 5.32 Å². The Morgan fingerprint density at radius 1 is 1.47 bits per heavy atom. The predicted molar refractivity (Wildman–Crippen MR) is 55.4 cm³/mol. The molecule has 0 aliphatic rings. The standard InChI is InChI=1S/C9H7BrFNO3/c1-4(13)12-7-3-5(9(14)15)2-6(11)8(7)10/h2-3H,1H3,(H,12,13)(H,14,15). The quantitative estimate of drug-likeness (QED) is 0.870. The van der Waals surface area contributed by atoms with E-state index in [-0.39, 0.29) is 15.7 Å². The number of amides is 1. The van der Waals surface area contributed by atoms with Crippen molar-refractivity contribution in [2.45, 2.75) is 6.92 Å². The Labute approximate surface area is 93.2 Å². The third kappa shape index (κ3) is 2.76. The van der Waals surface area contributed by atoms with E-state index >= 15 is 0 Å². The van der Waals surface area contributed by atoms with E-state index in [2.05, 4.69) is 21.2 Å². The van der Waals surface area contributed by atoms with Crippen LogP contribution >= 0.6 is 15.9 Å². The summed E-state index contributed by atoms with van der Waals surface area (Å²) in [5.74, 6) is -2.40. The summed E-state index contributed by atoms with van der Waals surface area (Å²) < 4.78 is 13.2. The molecule has 0 aliphatic carbocycles. The lowest BCUT2D eigenvalue weighted by molar-refractivity contribution is -0.114. The predicted octanol–water partition coefficient (Wildman–Crippen LogP) is 2.24. The maximum atomic E-state index is 13.2. The Balaban J connectivity index is 3.24. The highest BCUT2D eigenvalue weighted by Gasteiger charge is 2.13. The summed E-state index contributed by atoms with van der Waals surface area (Å²) in [7, 11) is 0. The van der Waals surface area contributed by atoms with E-state index in [9.17, 15) is 14.0 Å². The molecule has 0 aromatic heterocycles. The number of carbonyl (C=O) groups is 2. The first-order valence-corrected chi connectivity index (χ1v) is 4.71. The number of anilines is 1. The second kappa shape index (κ2) is 4.39. The highest BCUT2D eigenvalue weighted by Crippen LogP contribution is 2.27. The average Bonchev–Trinajstić information content (AvgIpc) is 2.11. The maximum absolute atomic E-state index is 13.2. The van der Waals surface area contributed by atoms with Crippen LogP contribution in [0.3, 0.4) is 0 Å². The molecule has 15 heavy (non-hydrogen) atoms. The number of aromatic carboxylic acids is 1. The highest BCUT2D eigenvalue weighted by molar-refractivity contribution is 9.10. The fraction of sp³-hybridized carbons (Fsp3) is 0.111. The van der Waals surface area contributed by atoms with Gasteiger partial charge in [0.25, 0.3) is 0 Å². The zero-order valence-electron chi connectivity index (χ0n) is 7.67. The SMILES string of the molecule is CC(=O)Nc1cc(C(=O)O)cc(F)c1Br.